The van der Waals surface area contributed by atoms with Crippen LogP contribution in [0.25, 0.3) is 21.9 Å². The van der Waals surface area contributed by atoms with E-state index in [4.69, 9.17) is 0 Å². The van der Waals surface area contributed by atoms with Crippen LogP contribution >= 0.6 is 0 Å². The van der Waals surface area contributed by atoms with Crippen molar-refractivity contribution in [1.29, 1.82) is 0 Å². The average Bonchev–Trinajstić information content (AvgIpc) is 2.58. The van der Waals surface area contributed by atoms with Gasteiger partial charge in [-0.25, -0.2) is 0 Å². The molecule has 0 heterocycles. The van der Waals surface area contributed by atoms with E-state index >= 15 is 0 Å². The van der Waals surface area contributed by atoms with Gasteiger partial charge in [0.1, 0.15) is 11.5 Å². The molecule has 3 rings (SSSR count). The van der Waals surface area contributed by atoms with E-state index in [2.05, 4.69) is 5.32 Å². The van der Waals surface area contributed by atoms with Crippen molar-refractivity contribution >= 4 is 16.7 Å². The molecule has 0 fully saturated rings. The fourth-order valence-electron chi connectivity index (χ4n) is 2.78. The molecule has 0 aromatic heterocycles. The monoisotopic (exact) mass is 321 g/mol. The van der Waals surface area contributed by atoms with Crippen molar-refractivity contribution < 1.29 is 15.0 Å². The zero-order valence-electron chi connectivity index (χ0n) is 13.4. The minimum atomic E-state index is -0.0228. The molecule has 122 valence electrons. The van der Waals surface area contributed by atoms with Gasteiger partial charge in [-0.2, -0.15) is 0 Å². The van der Waals surface area contributed by atoms with Crippen molar-refractivity contribution in [3.63, 3.8) is 0 Å². The Morgan fingerprint density at radius 1 is 0.875 bits per heavy atom. The van der Waals surface area contributed by atoms with Crippen LogP contribution in [0.2, 0.25) is 0 Å². The van der Waals surface area contributed by atoms with Gasteiger partial charge in [-0.05, 0) is 64.2 Å². The van der Waals surface area contributed by atoms with Gasteiger partial charge in [0, 0.05) is 13.5 Å². The summed E-state index contributed by atoms with van der Waals surface area (Å²) in [6, 6.07) is 16.5. The van der Waals surface area contributed by atoms with Crippen LogP contribution in [0.3, 0.4) is 0 Å². The molecule has 4 heteroatoms. The molecular weight excluding hydrogens is 302 g/mol. The molecule has 24 heavy (non-hydrogen) atoms. The van der Waals surface area contributed by atoms with E-state index < -0.39 is 0 Å². The van der Waals surface area contributed by atoms with Crippen LogP contribution in [0.4, 0.5) is 0 Å². The lowest BCUT2D eigenvalue weighted by Crippen LogP contribution is -2.17. The molecular formula is C20H19NO3. The number of carbonyl (C=O) groups is 1. The fraction of sp³-hybridized carbons (Fsp3) is 0.150. The SMILES string of the molecule is CNC(=O)CCc1cc(O)cc(-c2ccc3cc(O)ccc3c2)c1. The van der Waals surface area contributed by atoms with Crippen molar-refractivity contribution in [1.82, 2.24) is 5.32 Å². The first kappa shape index (κ1) is 15.9. The summed E-state index contributed by atoms with van der Waals surface area (Å²) in [5.41, 5.74) is 2.79. The van der Waals surface area contributed by atoms with Gasteiger partial charge < -0.3 is 15.5 Å². The first-order chi connectivity index (χ1) is 11.5. The number of aryl methyl sites for hydroxylation is 1. The van der Waals surface area contributed by atoms with Gasteiger partial charge in [0.05, 0.1) is 0 Å². The summed E-state index contributed by atoms with van der Waals surface area (Å²) in [7, 11) is 1.61. The Morgan fingerprint density at radius 3 is 2.42 bits per heavy atom. The van der Waals surface area contributed by atoms with Gasteiger partial charge in [0.15, 0.2) is 0 Å². The lowest BCUT2D eigenvalue weighted by Gasteiger charge is -2.09. The molecule has 0 radical (unpaired) electrons. The Morgan fingerprint density at radius 2 is 1.62 bits per heavy atom. The van der Waals surface area contributed by atoms with Crippen LogP contribution in [0.5, 0.6) is 11.5 Å². The van der Waals surface area contributed by atoms with Crippen molar-refractivity contribution in [2.45, 2.75) is 12.8 Å². The minimum Gasteiger partial charge on any atom is -0.508 e. The Hall–Kier alpha value is -3.01. The van der Waals surface area contributed by atoms with Gasteiger partial charge in [-0.15, -0.1) is 0 Å². The number of fused-ring (bicyclic) bond motifs is 1. The van der Waals surface area contributed by atoms with Crippen LogP contribution in [0, 0.1) is 0 Å². The van der Waals surface area contributed by atoms with Crippen LogP contribution in [0.1, 0.15) is 12.0 Å². The van der Waals surface area contributed by atoms with Crippen molar-refractivity contribution in [2.75, 3.05) is 7.05 Å². The topological polar surface area (TPSA) is 69.6 Å². The molecule has 0 spiro atoms. The van der Waals surface area contributed by atoms with E-state index in [1.807, 2.05) is 30.3 Å². The van der Waals surface area contributed by atoms with Gasteiger partial charge in [0.2, 0.25) is 5.91 Å². The van der Waals surface area contributed by atoms with Gasteiger partial charge in [0.25, 0.3) is 0 Å². The Labute approximate surface area is 140 Å². The molecule has 0 saturated carbocycles. The van der Waals surface area contributed by atoms with Crippen LogP contribution in [-0.2, 0) is 11.2 Å². The molecule has 1 amide bonds. The van der Waals surface area contributed by atoms with Crippen molar-refractivity contribution in [3.8, 4) is 22.6 Å². The Bertz CT molecular complexity index is 903. The number of nitrogens with one attached hydrogen (secondary N) is 1. The minimum absolute atomic E-state index is 0.0228. The first-order valence-electron chi connectivity index (χ1n) is 7.82. The third-order valence-electron chi connectivity index (χ3n) is 4.05. The van der Waals surface area contributed by atoms with Crippen LogP contribution < -0.4 is 5.32 Å². The summed E-state index contributed by atoms with van der Waals surface area (Å²) in [6.45, 7) is 0. The van der Waals surface area contributed by atoms with Gasteiger partial charge in [-0.1, -0.05) is 24.3 Å². The second-order valence-corrected chi connectivity index (χ2v) is 5.81. The summed E-state index contributed by atoms with van der Waals surface area (Å²) in [4.78, 5) is 11.4. The van der Waals surface area contributed by atoms with E-state index in [1.165, 1.54) is 0 Å². The highest BCUT2D eigenvalue weighted by molar-refractivity contribution is 5.88. The Balaban J connectivity index is 1.95. The summed E-state index contributed by atoms with van der Waals surface area (Å²) < 4.78 is 0. The molecule has 0 aliphatic rings. The summed E-state index contributed by atoms with van der Waals surface area (Å²) in [5.74, 6) is 0.403. The number of carbonyl (C=O) groups excluding carboxylic acids is 1. The number of benzene rings is 3. The molecule has 3 aromatic carbocycles. The maximum Gasteiger partial charge on any atom is 0.220 e. The third-order valence-corrected chi connectivity index (χ3v) is 4.05. The van der Waals surface area contributed by atoms with E-state index in [0.717, 1.165) is 27.5 Å². The fourth-order valence-corrected chi connectivity index (χ4v) is 2.78. The molecule has 0 unspecified atom stereocenters. The largest absolute Gasteiger partial charge is 0.508 e. The highest BCUT2D eigenvalue weighted by Gasteiger charge is 2.06. The van der Waals surface area contributed by atoms with Gasteiger partial charge >= 0.3 is 0 Å². The number of amides is 1. The normalized spacial score (nSPS) is 10.7. The maximum absolute atomic E-state index is 11.4. The number of aromatic hydroxyl groups is 2. The maximum atomic E-state index is 11.4. The molecule has 4 nitrogen and oxygen atoms in total. The standard InChI is InChI=1S/C20H19NO3/c1-21-20(24)7-2-13-8-17(12-19(23)9-13)15-3-4-16-11-18(22)6-5-14(16)10-15/h3-6,8-12,22-23H,2,7H2,1H3,(H,21,24). The quantitative estimate of drug-likeness (QED) is 0.688. The Kier molecular flexibility index (Phi) is 4.38. The molecule has 0 atom stereocenters. The molecule has 0 aliphatic carbocycles. The predicted molar refractivity (Wildman–Crippen MR) is 95.1 cm³/mol. The van der Waals surface area contributed by atoms with E-state index in [9.17, 15) is 15.0 Å². The van der Waals surface area contributed by atoms with E-state index in [0.29, 0.717) is 12.8 Å². The third kappa shape index (κ3) is 3.49. The zero-order chi connectivity index (χ0) is 17.1. The number of phenolic OH excluding ortho intramolecular Hbond substituents is 2. The van der Waals surface area contributed by atoms with Crippen LogP contribution in [0.15, 0.2) is 54.6 Å². The lowest BCUT2D eigenvalue weighted by molar-refractivity contribution is -0.120. The zero-order valence-corrected chi connectivity index (χ0v) is 13.4. The average molecular weight is 321 g/mol. The number of hydrogen-bond acceptors (Lipinski definition) is 3. The molecule has 0 aliphatic heterocycles. The second kappa shape index (κ2) is 6.62. The van der Waals surface area contributed by atoms with Crippen molar-refractivity contribution in [2.24, 2.45) is 0 Å². The molecule has 3 N–H and O–H groups in total. The van der Waals surface area contributed by atoms with Crippen LogP contribution in [-0.4, -0.2) is 23.2 Å². The van der Waals surface area contributed by atoms with E-state index in [-0.39, 0.29) is 17.4 Å². The highest BCUT2D eigenvalue weighted by Crippen LogP contribution is 2.30. The molecule has 0 bridgehead atoms. The predicted octanol–water partition coefficient (Wildman–Crippen LogP) is 3.60. The molecule has 3 aromatic rings. The summed E-state index contributed by atoms with van der Waals surface area (Å²) in [6.07, 6.45) is 0.957. The number of hydrogen-bond donors (Lipinski definition) is 3. The first-order valence-corrected chi connectivity index (χ1v) is 7.82. The highest BCUT2D eigenvalue weighted by atomic mass is 16.3. The number of rotatable bonds is 4. The summed E-state index contributed by atoms with van der Waals surface area (Å²) in [5, 5.41) is 24.1. The van der Waals surface area contributed by atoms with Crippen molar-refractivity contribution in [3.05, 3.63) is 60.2 Å². The van der Waals surface area contributed by atoms with Gasteiger partial charge in [-0.3, -0.25) is 4.79 Å². The lowest BCUT2D eigenvalue weighted by atomic mass is 9.98. The molecule has 0 saturated heterocycles. The van der Waals surface area contributed by atoms with E-state index in [1.54, 1.807) is 31.3 Å². The summed E-state index contributed by atoms with van der Waals surface area (Å²) >= 11 is 0. The number of phenols is 2. The smallest absolute Gasteiger partial charge is 0.220 e. The second-order valence-electron chi connectivity index (χ2n) is 5.81.